The lowest BCUT2D eigenvalue weighted by atomic mass is 10.1. The fourth-order valence-electron chi connectivity index (χ4n) is 3.19. The highest BCUT2D eigenvalue weighted by Gasteiger charge is 2.30. The summed E-state index contributed by atoms with van der Waals surface area (Å²) in [7, 11) is 0. The number of hydrogen-bond donors (Lipinski definition) is 1. The van der Waals surface area contributed by atoms with Crippen LogP contribution in [0.2, 0.25) is 0 Å². The molecule has 3 rings (SSSR count). The molecule has 5 nitrogen and oxygen atoms in total. The molecular weight excluding hydrogens is 383 g/mol. The van der Waals surface area contributed by atoms with Gasteiger partial charge in [0.15, 0.2) is 5.78 Å². The molecule has 0 aliphatic carbocycles. The van der Waals surface area contributed by atoms with Gasteiger partial charge in [0.05, 0.1) is 12.1 Å². The second-order valence-electron chi connectivity index (χ2n) is 6.90. The van der Waals surface area contributed by atoms with Crippen molar-refractivity contribution < 1.29 is 22.8 Å². The molecule has 1 fully saturated rings. The van der Waals surface area contributed by atoms with Crippen LogP contribution in [0.3, 0.4) is 0 Å². The van der Waals surface area contributed by atoms with E-state index in [4.69, 9.17) is 0 Å². The van der Waals surface area contributed by atoms with Crippen molar-refractivity contribution in [2.75, 3.05) is 42.9 Å². The summed E-state index contributed by atoms with van der Waals surface area (Å²) in [5.41, 5.74) is 1.42. The molecule has 154 valence electrons. The maximum Gasteiger partial charge on any atom is 0.416 e. The predicted octanol–water partition coefficient (Wildman–Crippen LogP) is 3.67. The zero-order valence-electron chi connectivity index (χ0n) is 16.0. The van der Waals surface area contributed by atoms with Crippen LogP contribution in [0.4, 0.5) is 24.5 Å². The smallest absolute Gasteiger partial charge is 0.376 e. The van der Waals surface area contributed by atoms with Crippen LogP contribution in [-0.2, 0) is 11.0 Å². The summed E-state index contributed by atoms with van der Waals surface area (Å²) in [6.07, 6.45) is -4.34. The molecule has 0 unspecified atom stereocenters. The van der Waals surface area contributed by atoms with Gasteiger partial charge >= 0.3 is 6.18 Å². The van der Waals surface area contributed by atoms with Gasteiger partial charge in [-0.05, 0) is 55.5 Å². The molecule has 0 radical (unpaired) electrons. The van der Waals surface area contributed by atoms with E-state index in [0.717, 1.165) is 17.8 Å². The number of piperazine rings is 1. The molecule has 1 aliphatic rings. The molecule has 0 saturated carbocycles. The summed E-state index contributed by atoms with van der Waals surface area (Å²) < 4.78 is 38.0. The first-order chi connectivity index (χ1) is 13.7. The van der Waals surface area contributed by atoms with Crippen LogP contribution in [0.15, 0.2) is 48.5 Å². The lowest BCUT2D eigenvalue weighted by Crippen LogP contribution is -2.50. The topological polar surface area (TPSA) is 52.7 Å². The van der Waals surface area contributed by atoms with Gasteiger partial charge in [0, 0.05) is 43.1 Å². The third-order valence-corrected chi connectivity index (χ3v) is 4.93. The van der Waals surface area contributed by atoms with Crippen molar-refractivity contribution in [1.29, 1.82) is 0 Å². The Balaban J connectivity index is 1.48. The minimum absolute atomic E-state index is 0.0152. The van der Waals surface area contributed by atoms with Crippen molar-refractivity contribution in [3.8, 4) is 0 Å². The highest BCUT2D eigenvalue weighted by molar-refractivity contribution is 5.94. The molecule has 1 N–H and O–H groups in total. The van der Waals surface area contributed by atoms with Crippen LogP contribution in [-0.4, -0.2) is 49.3 Å². The van der Waals surface area contributed by atoms with Gasteiger partial charge in [-0.2, -0.15) is 13.2 Å². The Morgan fingerprint density at radius 2 is 1.52 bits per heavy atom. The summed E-state index contributed by atoms with van der Waals surface area (Å²) in [5, 5.41) is 3.05. The van der Waals surface area contributed by atoms with E-state index < -0.39 is 11.7 Å². The van der Waals surface area contributed by atoms with E-state index in [2.05, 4.69) is 5.32 Å². The van der Waals surface area contributed by atoms with Gasteiger partial charge in [0.2, 0.25) is 5.91 Å². The minimum Gasteiger partial charge on any atom is -0.376 e. The van der Waals surface area contributed by atoms with E-state index in [1.807, 2.05) is 4.90 Å². The van der Waals surface area contributed by atoms with Gasteiger partial charge in [-0.25, -0.2) is 0 Å². The molecule has 0 bridgehead atoms. The third kappa shape index (κ3) is 5.28. The number of alkyl halides is 3. The fourth-order valence-corrected chi connectivity index (χ4v) is 3.19. The summed E-state index contributed by atoms with van der Waals surface area (Å²) in [6, 6.07) is 12.0. The van der Waals surface area contributed by atoms with Crippen LogP contribution >= 0.6 is 0 Å². The van der Waals surface area contributed by atoms with Gasteiger partial charge in [-0.1, -0.05) is 0 Å². The second-order valence-corrected chi connectivity index (χ2v) is 6.90. The predicted molar refractivity (Wildman–Crippen MR) is 105 cm³/mol. The van der Waals surface area contributed by atoms with Crippen molar-refractivity contribution in [3.05, 3.63) is 59.7 Å². The van der Waals surface area contributed by atoms with Crippen molar-refractivity contribution in [3.63, 3.8) is 0 Å². The maximum absolute atomic E-state index is 12.7. The fraction of sp³-hybridized carbons (Fsp3) is 0.333. The Hall–Kier alpha value is -3.03. The highest BCUT2D eigenvalue weighted by atomic mass is 19.4. The van der Waals surface area contributed by atoms with Gasteiger partial charge in [0.1, 0.15) is 0 Å². The number of benzene rings is 2. The molecule has 8 heteroatoms. The monoisotopic (exact) mass is 405 g/mol. The Morgan fingerprint density at radius 1 is 0.931 bits per heavy atom. The Bertz CT molecular complexity index is 856. The Kier molecular flexibility index (Phi) is 6.10. The number of rotatable bonds is 5. The van der Waals surface area contributed by atoms with Crippen molar-refractivity contribution >= 4 is 23.1 Å². The van der Waals surface area contributed by atoms with E-state index in [9.17, 15) is 22.8 Å². The number of halogens is 3. The number of Topliss-reactive ketones (excluding diaryl/α,β-unsaturated/α-hetero) is 1. The van der Waals surface area contributed by atoms with Gasteiger partial charge in [-0.3, -0.25) is 9.59 Å². The van der Waals surface area contributed by atoms with Crippen LogP contribution < -0.4 is 10.2 Å². The van der Waals surface area contributed by atoms with E-state index in [0.29, 0.717) is 37.4 Å². The standard InChI is InChI=1S/C21H22F3N3O2/c1-15(28)16-2-6-18(7-3-16)25-14-20(29)27-12-10-26(11-13-27)19-8-4-17(5-9-19)21(22,23)24/h2-9,25H,10-14H2,1H3. The van der Waals surface area contributed by atoms with Gasteiger partial charge in [0.25, 0.3) is 0 Å². The summed E-state index contributed by atoms with van der Waals surface area (Å²) in [6.45, 7) is 3.76. The van der Waals surface area contributed by atoms with Crippen molar-refractivity contribution in [2.24, 2.45) is 0 Å². The largest absolute Gasteiger partial charge is 0.416 e. The molecule has 1 aliphatic heterocycles. The molecule has 0 aromatic heterocycles. The maximum atomic E-state index is 12.7. The van der Waals surface area contributed by atoms with Crippen LogP contribution in [0.5, 0.6) is 0 Å². The SMILES string of the molecule is CC(=O)c1ccc(NCC(=O)N2CCN(c3ccc(C(F)(F)F)cc3)CC2)cc1. The van der Waals surface area contributed by atoms with E-state index in [1.54, 1.807) is 29.2 Å². The Morgan fingerprint density at radius 3 is 2.03 bits per heavy atom. The molecule has 2 aromatic carbocycles. The lowest BCUT2D eigenvalue weighted by Gasteiger charge is -2.36. The zero-order valence-corrected chi connectivity index (χ0v) is 16.0. The number of nitrogens with zero attached hydrogens (tertiary/aromatic N) is 2. The van der Waals surface area contributed by atoms with E-state index >= 15 is 0 Å². The number of ketones is 1. The molecular formula is C21H22F3N3O2. The minimum atomic E-state index is -4.34. The van der Waals surface area contributed by atoms with Crippen LogP contribution in [0.1, 0.15) is 22.8 Å². The second kappa shape index (κ2) is 8.55. The number of hydrogen-bond acceptors (Lipinski definition) is 4. The average Bonchev–Trinajstić information content (AvgIpc) is 2.72. The molecule has 0 atom stereocenters. The van der Waals surface area contributed by atoms with Crippen molar-refractivity contribution in [1.82, 2.24) is 4.90 Å². The number of amides is 1. The summed E-state index contributed by atoms with van der Waals surface area (Å²) in [4.78, 5) is 27.4. The number of carbonyl (C=O) groups excluding carboxylic acids is 2. The lowest BCUT2D eigenvalue weighted by molar-refractivity contribution is -0.137. The first-order valence-electron chi connectivity index (χ1n) is 9.29. The Labute approximate surface area is 167 Å². The van der Waals surface area contributed by atoms with Crippen LogP contribution in [0.25, 0.3) is 0 Å². The molecule has 1 amide bonds. The molecule has 2 aromatic rings. The first kappa shape index (κ1) is 20.7. The summed E-state index contributed by atoms with van der Waals surface area (Å²) in [5.74, 6) is -0.0637. The average molecular weight is 405 g/mol. The molecule has 1 saturated heterocycles. The normalized spacial score (nSPS) is 14.6. The first-order valence-corrected chi connectivity index (χ1v) is 9.29. The van der Waals surface area contributed by atoms with Gasteiger partial charge < -0.3 is 15.1 Å². The number of anilines is 2. The van der Waals surface area contributed by atoms with E-state index in [-0.39, 0.29) is 18.2 Å². The van der Waals surface area contributed by atoms with Crippen molar-refractivity contribution in [2.45, 2.75) is 13.1 Å². The number of carbonyl (C=O) groups is 2. The molecule has 0 spiro atoms. The van der Waals surface area contributed by atoms with Crippen LogP contribution in [0, 0.1) is 0 Å². The zero-order chi connectivity index (χ0) is 21.0. The molecule has 1 heterocycles. The highest BCUT2D eigenvalue weighted by Crippen LogP contribution is 2.30. The summed E-state index contributed by atoms with van der Waals surface area (Å²) >= 11 is 0. The van der Waals surface area contributed by atoms with E-state index in [1.165, 1.54) is 19.1 Å². The van der Waals surface area contributed by atoms with Gasteiger partial charge in [-0.15, -0.1) is 0 Å². The quantitative estimate of drug-likeness (QED) is 0.772. The third-order valence-electron chi connectivity index (χ3n) is 4.93. The number of nitrogens with one attached hydrogen (secondary N) is 1. The molecule has 29 heavy (non-hydrogen) atoms.